The minimum atomic E-state index is 0.216. The molecular formula is C10H17NO2. The van der Waals surface area contributed by atoms with E-state index in [-0.39, 0.29) is 5.91 Å². The van der Waals surface area contributed by atoms with Gasteiger partial charge in [0, 0.05) is 19.5 Å². The number of amides is 1. The lowest BCUT2D eigenvalue weighted by atomic mass is 10.3. The molecule has 0 N–H and O–H groups in total. The van der Waals surface area contributed by atoms with Crippen molar-refractivity contribution in [3.05, 3.63) is 12.2 Å². The Balaban J connectivity index is 2.25. The van der Waals surface area contributed by atoms with Crippen LogP contribution in [0.25, 0.3) is 0 Å². The van der Waals surface area contributed by atoms with E-state index in [1.54, 1.807) is 0 Å². The molecule has 0 bridgehead atoms. The van der Waals surface area contributed by atoms with Gasteiger partial charge in [-0.2, -0.15) is 0 Å². The van der Waals surface area contributed by atoms with Gasteiger partial charge in [0.05, 0.1) is 13.2 Å². The molecule has 0 aliphatic carbocycles. The van der Waals surface area contributed by atoms with Crippen LogP contribution in [-0.4, -0.2) is 37.1 Å². The molecule has 13 heavy (non-hydrogen) atoms. The van der Waals surface area contributed by atoms with Crippen LogP contribution in [0, 0.1) is 0 Å². The molecule has 74 valence electrons. The molecule has 0 atom stereocenters. The topological polar surface area (TPSA) is 29.5 Å². The number of nitrogens with zero attached hydrogens (tertiary/aromatic N) is 1. The maximum absolute atomic E-state index is 11.5. The average Bonchev–Trinajstić information content (AvgIpc) is 2.19. The number of rotatable bonds is 3. The molecule has 0 radical (unpaired) electrons. The molecule has 1 saturated heterocycles. The Morgan fingerprint density at radius 1 is 1.38 bits per heavy atom. The van der Waals surface area contributed by atoms with Crippen LogP contribution in [-0.2, 0) is 9.53 Å². The van der Waals surface area contributed by atoms with E-state index in [1.807, 2.05) is 17.1 Å². The minimum absolute atomic E-state index is 0.216. The van der Waals surface area contributed by atoms with Crippen molar-refractivity contribution in [3.8, 4) is 0 Å². The Labute approximate surface area is 79.4 Å². The molecule has 1 fully saturated rings. The number of ether oxygens (including phenoxy) is 1. The fraction of sp³-hybridized carbons (Fsp3) is 0.700. The first-order chi connectivity index (χ1) is 6.34. The van der Waals surface area contributed by atoms with Gasteiger partial charge in [0.25, 0.3) is 0 Å². The molecule has 0 spiro atoms. The monoisotopic (exact) mass is 183 g/mol. The van der Waals surface area contributed by atoms with Gasteiger partial charge in [-0.1, -0.05) is 19.1 Å². The summed E-state index contributed by atoms with van der Waals surface area (Å²) < 4.78 is 5.16. The summed E-state index contributed by atoms with van der Waals surface area (Å²) in [5.41, 5.74) is 0. The summed E-state index contributed by atoms with van der Waals surface area (Å²) >= 11 is 0. The minimum Gasteiger partial charge on any atom is -0.378 e. The number of hydrogen-bond donors (Lipinski definition) is 0. The summed E-state index contributed by atoms with van der Waals surface area (Å²) in [6.07, 6.45) is 5.50. The third-order valence-electron chi connectivity index (χ3n) is 2.06. The third-order valence-corrected chi connectivity index (χ3v) is 2.06. The van der Waals surface area contributed by atoms with E-state index in [1.165, 1.54) is 0 Å². The molecule has 1 rings (SSSR count). The first-order valence-electron chi connectivity index (χ1n) is 4.85. The molecule has 0 aromatic heterocycles. The highest BCUT2D eigenvalue weighted by Crippen LogP contribution is 2.00. The highest BCUT2D eigenvalue weighted by molar-refractivity contribution is 5.77. The summed E-state index contributed by atoms with van der Waals surface area (Å²) in [4.78, 5) is 13.4. The summed E-state index contributed by atoms with van der Waals surface area (Å²) in [5.74, 6) is 0.216. The Bertz CT molecular complexity index is 183. The lowest BCUT2D eigenvalue weighted by Crippen LogP contribution is -2.40. The standard InChI is InChI=1S/C10H17NO2/c1-2-3-4-5-10(12)11-6-8-13-9-7-11/h3-4H,2,5-9H2,1H3/b4-3-. The van der Waals surface area contributed by atoms with Gasteiger partial charge in [0.1, 0.15) is 0 Å². The van der Waals surface area contributed by atoms with E-state index >= 15 is 0 Å². The zero-order chi connectivity index (χ0) is 9.52. The van der Waals surface area contributed by atoms with Gasteiger partial charge in [-0.05, 0) is 6.42 Å². The van der Waals surface area contributed by atoms with Gasteiger partial charge in [-0.25, -0.2) is 0 Å². The number of morpholine rings is 1. The van der Waals surface area contributed by atoms with Crippen molar-refractivity contribution in [2.45, 2.75) is 19.8 Å². The van der Waals surface area contributed by atoms with Crippen LogP contribution in [0.5, 0.6) is 0 Å². The summed E-state index contributed by atoms with van der Waals surface area (Å²) in [6.45, 7) is 4.93. The lowest BCUT2D eigenvalue weighted by molar-refractivity contribution is -0.134. The second kappa shape index (κ2) is 5.75. The normalized spacial score (nSPS) is 18.1. The van der Waals surface area contributed by atoms with E-state index in [0.717, 1.165) is 19.5 Å². The molecule has 3 heteroatoms. The largest absolute Gasteiger partial charge is 0.378 e. The van der Waals surface area contributed by atoms with Gasteiger partial charge in [0.15, 0.2) is 0 Å². The van der Waals surface area contributed by atoms with Crippen LogP contribution >= 0.6 is 0 Å². The van der Waals surface area contributed by atoms with E-state index in [0.29, 0.717) is 19.6 Å². The second-order valence-electron chi connectivity index (χ2n) is 3.08. The van der Waals surface area contributed by atoms with Crippen LogP contribution in [0.2, 0.25) is 0 Å². The zero-order valence-electron chi connectivity index (χ0n) is 8.16. The van der Waals surface area contributed by atoms with Crippen molar-refractivity contribution < 1.29 is 9.53 Å². The first kappa shape index (κ1) is 10.3. The molecular weight excluding hydrogens is 166 g/mol. The van der Waals surface area contributed by atoms with Crippen LogP contribution in [0.3, 0.4) is 0 Å². The van der Waals surface area contributed by atoms with Crippen LogP contribution < -0.4 is 0 Å². The Kier molecular flexibility index (Phi) is 4.54. The van der Waals surface area contributed by atoms with Crippen molar-refractivity contribution in [2.75, 3.05) is 26.3 Å². The van der Waals surface area contributed by atoms with Crippen LogP contribution in [0.4, 0.5) is 0 Å². The number of carbonyl (C=O) groups excluding carboxylic acids is 1. The molecule has 0 aromatic rings. The van der Waals surface area contributed by atoms with E-state index in [4.69, 9.17) is 4.74 Å². The number of hydrogen-bond acceptors (Lipinski definition) is 2. The molecule has 0 saturated carbocycles. The SMILES string of the molecule is CC/C=C\CC(=O)N1CCOCC1. The molecule has 3 nitrogen and oxygen atoms in total. The molecule has 1 aliphatic rings. The molecule has 1 heterocycles. The van der Waals surface area contributed by atoms with Gasteiger partial charge in [-0.15, -0.1) is 0 Å². The van der Waals surface area contributed by atoms with Crippen LogP contribution in [0.15, 0.2) is 12.2 Å². The predicted octanol–water partition coefficient (Wildman–Crippen LogP) is 1.20. The lowest BCUT2D eigenvalue weighted by Gasteiger charge is -2.26. The Hall–Kier alpha value is -0.830. The first-order valence-corrected chi connectivity index (χ1v) is 4.85. The van der Waals surface area contributed by atoms with Gasteiger partial charge >= 0.3 is 0 Å². The van der Waals surface area contributed by atoms with Crippen LogP contribution in [0.1, 0.15) is 19.8 Å². The summed E-state index contributed by atoms with van der Waals surface area (Å²) in [7, 11) is 0. The van der Waals surface area contributed by atoms with Crippen molar-refractivity contribution in [1.29, 1.82) is 0 Å². The molecule has 1 aliphatic heterocycles. The van der Waals surface area contributed by atoms with Gasteiger partial charge in [-0.3, -0.25) is 4.79 Å². The quantitative estimate of drug-likeness (QED) is 0.615. The van der Waals surface area contributed by atoms with Crippen molar-refractivity contribution in [2.24, 2.45) is 0 Å². The van der Waals surface area contributed by atoms with E-state index in [9.17, 15) is 4.79 Å². The van der Waals surface area contributed by atoms with Gasteiger partial charge in [0.2, 0.25) is 5.91 Å². The number of allylic oxidation sites excluding steroid dienone is 1. The fourth-order valence-electron chi connectivity index (χ4n) is 1.29. The number of carbonyl (C=O) groups is 1. The highest BCUT2D eigenvalue weighted by Gasteiger charge is 2.14. The van der Waals surface area contributed by atoms with E-state index < -0.39 is 0 Å². The third kappa shape index (κ3) is 3.59. The maximum atomic E-state index is 11.5. The zero-order valence-corrected chi connectivity index (χ0v) is 8.16. The summed E-state index contributed by atoms with van der Waals surface area (Å²) in [6, 6.07) is 0. The average molecular weight is 183 g/mol. The van der Waals surface area contributed by atoms with E-state index in [2.05, 4.69) is 6.92 Å². The Morgan fingerprint density at radius 2 is 2.08 bits per heavy atom. The van der Waals surface area contributed by atoms with Gasteiger partial charge < -0.3 is 9.64 Å². The second-order valence-corrected chi connectivity index (χ2v) is 3.08. The maximum Gasteiger partial charge on any atom is 0.226 e. The smallest absolute Gasteiger partial charge is 0.226 e. The predicted molar refractivity (Wildman–Crippen MR) is 51.4 cm³/mol. The fourth-order valence-corrected chi connectivity index (χ4v) is 1.29. The van der Waals surface area contributed by atoms with Crippen molar-refractivity contribution in [1.82, 2.24) is 4.90 Å². The van der Waals surface area contributed by atoms with Crippen molar-refractivity contribution in [3.63, 3.8) is 0 Å². The summed E-state index contributed by atoms with van der Waals surface area (Å²) in [5, 5.41) is 0. The van der Waals surface area contributed by atoms with Crippen molar-refractivity contribution >= 4 is 5.91 Å². The Morgan fingerprint density at radius 3 is 2.69 bits per heavy atom. The molecule has 1 amide bonds. The highest BCUT2D eigenvalue weighted by atomic mass is 16.5. The molecule has 0 aromatic carbocycles. The molecule has 0 unspecified atom stereocenters.